The van der Waals surface area contributed by atoms with Crippen molar-refractivity contribution in [3.8, 4) is 0 Å². The molecule has 1 fully saturated rings. The van der Waals surface area contributed by atoms with Crippen LogP contribution in [0, 0.1) is 13.8 Å². The van der Waals surface area contributed by atoms with Gasteiger partial charge in [-0.05, 0) is 39.7 Å². The zero-order valence-electron chi connectivity index (χ0n) is 13.7. The summed E-state index contributed by atoms with van der Waals surface area (Å²) >= 11 is 0. The molecule has 1 saturated carbocycles. The standard InChI is InChI=1S/C17H27NO4/c1-12-9-14(13(2)22-12)16(3,20)11-18-15(19)10-17(21)7-5-4-6-8-17/h9,20-21H,4-8,10-11H2,1-3H3,(H,18,19)/t16-/m1/s1. The van der Waals surface area contributed by atoms with Gasteiger partial charge in [0.25, 0.3) is 0 Å². The van der Waals surface area contributed by atoms with Crippen molar-refractivity contribution in [3.63, 3.8) is 0 Å². The van der Waals surface area contributed by atoms with Crippen LogP contribution >= 0.6 is 0 Å². The summed E-state index contributed by atoms with van der Waals surface area (Å²) in [6.07, 6.45) is 4.52. The number of nitrogens with one attached hydrogen (secondary N) is 1. The first kappa shape index (κ1) is 17.0. The maximum Gasteiger partial charge on any atom is 0.223 e. The van der Waals surface area contributed by atoms with Crippen LogP contribution in [0.2, 0.25) is 0 Å². The van der Waals surface area contributed by atoms with E-state index in [1.807, 2.05) is 6.92 Å². The van der Waals surface area contributed by atoms with Gasteiger partial charge in [-0.25, -0.2) is 0 Å². The zero-order valence-corrected chi connectivity index (χ0v) is 13.7. The Labute approximate surface area is 131 Å². The second kappa shape index (κ2) is 6.42. The van der Waals surface area contributed by atoms with Gasteiger partial charge in [-0.1, -0.05) is 19.3 Å². The highest BCUT2D eigenvalue weighted by atomic mass is 16.3. The molecule has 2 rings (SSSR count). The molecule has 0 spiro atoms. The molecule has 1 aromatic rings. The van der Waals surface area contributed by atoms with E-state index in [1.54, 1.807) is 19.9 Å². The largest absolute Gasteiger partial charge is 0.466 e. The average Bonchev–Trinajstić information content (AvgIpc) is 2.77. The molecule has 5 nitrogen and oxygen atoms in total. The number of aryl methyl sites for hydroxylation is 2. The molecule has 0 saturated heterocycles. The van der Waals surface area contributed by atoms with Gasteiger partial charge in [0.15, 0.2) is 0 Å². The lowest BCUT2D eigenvalue weighted by molar-refractivity contribution is -0.128. The van der Waals surface area contributed by atoms with Gasteiger partial charge < -0.3 is 19.9 Å². The summed E-state index contributed by atoms with van der Waals surface area (Å²) in [5.41, 5.74) is -1.38. The molecule has 0 aliphatic heterocycles. The van der Waals surface area contributed by atoms with Crippen LogP contribution in [0.5, 0.6) is 0 Å². The van der Waals surface area contributed by atoms with E-state index in [4.69, 9.17) is 4.42 Å². The number of hydrogen-bond donors (Lipinski definition) is 3. The predicted octanol–water partition coefficient (Wildman–Crippen LogP) is 2.31. The van der Waals surface area contributed by atoms with Crippen molar-refractivity contribution in [2.75, 3.05) is 6.54 Å². The van der Waals surface area contributed by atoms with Crippen LogP contribution in [0.3, 0.4) is 0 Å². The number of furan rings is 1. The van der Waals surface area contributed by atoms with Crippen molar-refractivity contribution in [2.24, 2.45) is 0 Å². The summed E-state index contributed by atoms with van der Waals surface area (Å²) in [4.78, 5) is 12.1. The minimum atomic E-state index is -1.19. The molecular formula is C17H27NO4. The number of carbonyl (C=O) groups excluding carboxylic acids is 1. The van der Waals surface area contributed by atoms with Gasteiger partial charge >= 0.3 is 0 Å². The van der Waals surface area contributed by atoms with Crippen LogP contribution < -0.4 is 5.32 Å². The van der Waals surface area contributed by atoms with Crippen LogP contribution in [0.15, 0.2) is 10.5 Å². The molecule has 0 aromatic carbocycles. The van der Waals surface area contributed by atoms with Crippen LogP contribution in [0.25, 0.3) is 0 Å². The fourth-order valence-corrected chi connectivity index (χ4v) is 3.28. The molecule has 0 bridgehead atoms. The second-order valence-electron chi connectivity index (χ2n) is 6.84. The molecule has 1 atom stereocenters. The van der Waals surface area contributed by atoms with Gasteiger partial charge in [0.05, 0.1) is 18.6 Å². The van der Waals surface area contributed by atoms with E-state index in [1.165, 1.54) is 0 Å². The lowest BCUT2D eigenvalue weighted by Gasteiger charge is -2.32. The van der Waals surface area contributed by atoms with Gasteiger partial charge in [-0.15, -0.1) is 0 Å². The fourth-order valence-electron chi connectivity index (χ4n) is 3.28. The summed E-state index contributed by atoms with van der Waals surface area (Å²) in [5, 5.41) is 23.7. The Balaban J connectivity index is 1.91. The lowest BCUT2D eigenvalue weighted by atomic mass is 9.82. The Morgan fingerprint density at radius 1 is 1.36 bits per heavy atom. The molecule has 5 heteroatoms. The van der Waals surface area contributed by atoms with Crippen molar-refractivity contribution in [2.45, 2.75) is 70.5 Å². The van der Waals surface area contributed by atoms with E-state index < -0.39 is 11.2 Å². The molecule has 124 valence electrons. The first-order chi connectivity index (χ1) is 10.2. The van der Waals surface area contributed by atoms with E-state index >= 15 is 0 Å². The molecule has 1 aliphatic carbocycles. The summed E-state index contributed by atoms with van der Waals surface area (Å²) in [5.74, 6) is 1.17. The topological polar surface area (TPSA) is 82.7 Å². The van der Waals surface area contributed by atoms with Crippen LogP contribution in [0.1, 0.15) is 62.5 Å². The van der Waals surface area contributed by atoms with E-state index in [2.05, 4.69) is 5.32 Å². The van der Waals surface area contributed by atoms with E-state index in [0.29, 0.717) is 24.2 Å². The van der Waals surface area contributed by atoms with Gasteiger partial charge in [0, 0.05) is 5.56 Å². The predicted molar refractivity (Wildman–Crippen MR) is 83.4 cm³/mol. The Morgan fingerprint density at radius 2 is 2.00 bits per heavy atom. The Bertz CT molecular complexity index is 527. The van der Waals surface area contributed by atoms with Gasteiger partial charge in [0.2, 0.25) is 5.91 Å². The maximum absolute atomic E-state index is 12.1. The van der Waals surface area contributed by atoms with E-state index in [0.717, 1.165) is 25.0 Å². The van der Waals surface area contributed by atoms with Crippen molar-refractivity contribution < 1.29 is 19.4 Å². The van der Waals surface area contributed by atoms with Crippen LogP contribution in [-0.4, -0.2) is 28.3 Å². The second-order valence-corrected chi connectivity index (χ2v) is 6.84. The minimum Gasteiger partial charge on any atom is -0.466 e. The van der Waals surface area contributed by atoms with Crippen LogP contribution in [-0.2, 0) is 10.4 Å². The summed E-state index contributed by atoms with van der Waals surface area (Å²) in [6.45, 7) is 5.37. The first-order valence-corrected chi connectivity index (χ1v) is 8.01. The normalized spacial score (nSPS) is 20.4. The van der Waals surface area contributed by atoms with Gasteiger partial charge in [-0.2, -0.15) is 0 Å². The number of amides is 1. The number of hydrogen-bond acceptors (Lipinski definition) is 4. The van der Waals surface area contributed by atoms with E-state index in [9.17, 15) is 15.0 Å². The quantitative estimate of drug-likeness (QED) is 0.779. The third-order valence-electron chi connectivity index (χ3n) is 4.52. The molecular weight excluding hydrogens is 282 g/mol. The maximum atomic E-state index is 12.1. The summed E-state index contributed by atoms with van der Waals surface area (Å²) in [7, 11) is 0. The average molecular weight is 309 g/mol. The molecule has 1 heterocycles. The van der Waals surface area contributed by atoms with Crippen molar-refractivity contribution in [1.29, 1.82) is 0 Å². The van der Waals surface area contributed by atoms with Gasteiger partial charge in [-0.3, -0.25) is 4.79 Å². The lowest BCUT2D eigenvalue weighted by Crippen LogP contribution is -2.43. The fraction of sp³-hybridized carbons (Fsp3) is 0.706. The molecule has 1 aliphatic rings. The number of carbonyl (C=O) groups is 1. The highest BCUT2D eigenvalue weighted by Crippen LogP contribution is 2.31. The summed E-state index contributed by atoms with van der Waals surface area (Å²) < 4.78 is 5.43. The van der Waals surface area contributed by atoms with Crippen molar-refractivity contribution >= 4 is 5.91 Å². The molecule has 0 radical (unpaired) electrons. The monoisotopic (exact) mass is 309 g/mol. The van der Waals surface area contributed by atoms with E-state index in [-0.39, 0.29) is 18.9 Å². The smallest absolute Gasteiger partial charge is 0.223 e. The third kappa shape index (κ3) is 4.11. The zero-order chi connectivity index (χ0) is 16.4. The van der Waals surface area contributed by atoms with Crippen LogP contribution in [0.4, 0.5) is 0 Å². The highest BCUT2D eigenvalue weighted by molar-refractivity contribution is 5.77. The number of rotatable bonds is 5. The first-order valence-electron chi connectivity index (χ1n) is 8.01. The molecule has 0 unspecified atom stereocenters. The molecule has 1 aromatic heterocycles. The Kier molecular flexibility index (Phi) is 4.97. The van der Waals surface area contributed by atoms with Crippen molar-refractivity contribution in [1.82, 2.24) is 5.32 Å². The highest BCUT2D eigenvalue weighted by Gasteiger charge is 2.33. The number of aliphatic hydroxyl groups is 2. The Hall–Kier alpha value is -1.33. The SMILES string of the molecule is Cc1cc([C@](C)(O)CNC(=O)CC2(O)CCCCC2)c(C)o1. The third-order valence-corrected chi connectivity index (χ3v) is 4.52. The van der Waals surface area contributed by atoms with Gasteiger partial charge in [0.1, 0.15) is 17.1 Å². The summed E-state index contributed by atoms with van der Waals surface area (Å²) in [6, 6.07) is 1.79. The molecule has 3 N–H and O–H groups in total. The van der Waals surface area contributed by atoms with Crippen molar-refractivity contribution in [3.05, 3.63) is 23.2 Å². The molecule has 22 heavy (non-hydrogen) atoms. The Morgan fingerprint density at radius 3 is 2.55 bits per heavy atom. The molecule has 1 amide bonds. The minimum absolute atomic E-state index is 0.0989.